The Labute approximate surface area is 106 Å². The summed E-state index contributed by atoms with van der Waals surface area (Å²) in [5, 5.41) is 2.88. The zero-order valence-electron chi connectivity index (χ0n) is 10.5. The van der Waals surface area contributed by atoms with Gasteiger partial charge < -0.3 is 5.32 Å². The summed E-state index contributed by atoms with van der Waals surface area (Å²) in [7, 11) is 0. The molecule has 2 aromatic rings. The standard InChI is InChI=1S/C14H15N3O/c1-3-11-6-4-5-7-12(11)17-14(18)13-8-9-15-10(2)16-13/h4-9H,3H2,1-2H3,(H,17,18). The van der Waals surface area contributed by atoms with Gasteiger partial charge in [-0.25, -0.2) is 9.97 Å². The second kappa shape index (κ2) is 5.40. The van der Waals surface area contributed by atoms with Crippen LogP contribution in [0.1, 0.15) is 28.8 Å². The number of anilines is 1. The van der Waals surface area contributed by atoms with E-state index in [1.165, 1.54) is 0 Å². The van der Waals surface area contributed by atoms with Crippen molar-refractivity contribution in [1.29, 1.82) is 0 Å². The summed E-state index contributed by atoms with van der Waals surface area (Å²) in [5.74, 6) is 0.382. The molecule has 0 aliphatic carbocycles. The quantitative estimate of drug-likeness (QED) is 0.898. The van der Waals surface area contributed by atoms with Gasteiger partial charge in [0.25, 0.3) is 5.91 Å². The Balaban J connectivity index is 2.21. The molecular formula is C14H15N3O. The first-order chi connectivity index (χ1) is 8.70. The topological polar surface area (TPSA) is 54.9 Å². The van der Waals surface area contributed by atoms with Crippen LogP contribution in [0.4, 0.5) is 5.69 Å². The van der Waals surface area contributed by atoms with Gasteiger partial charge in [0.1, 0.15) is 11.5 Å². The number of hydrogen-bond donors (Lipinski definition) is 1. The van der Waals surface area contributed by atoms with Crippen molar-refractivity contribution in [1.82, 2.24) is 9.97 Å². The van der Waals surface area contributed by atoms with Gasteiger partial charge in [0, 0.05) is 11.9 Å². The van der Waals surface area contributed by atoms with Crippen molar-refractivity contribution in [2.45, 2.75) is 20.3 Å². The Morgan fingerprint density at radius 1 is 1.28 bits per heavy atom. The normalized spacial score (nSPS) is 10.1. The van der Waals surface area contributed by atoms with Crippen LogP contribution in [-0.4, -0.2) is 15.9 Å². The van der Waals surface area contributed by atoms with Gasteiger partial charge >= 0.3 is 0 Å². The summed E-state index contributed by atoms with van der Waals surface area (Å²) in [6, 6.07) is 9.37. The molecule has 0 aliphatic rings. The highest BCUT2D eigenvalue weighted by Crippen LogP contribution is 2.16. The van der Waals surface area contributed by atoms with E-state index in [2.05, 4.69) is 22.2 Å². The lowest BCUT2D eigenvalue weighted by atomic mass is 10.1. The first-order valence-corrected chi connectivity index (χ1v) is 5.89. The number of carbonyl (C=O) groups excluding carboxylic acids is 1. The van der Waals surface area contributed by atoms with Crippen molar-refractivity contribution in [2.24, 2.45) is 0 Å². The number of benzene rings is 1. The summed E-state index contributed by atoms with van der Waals surface area (Å²) >= 11 is 0. The van der Waals surface area contributed by atoms with Crippen molar-refractivity contribution in [3.63, 3.8) is 0 Å². The fourth-order valence-corrected chi connectivity index (χ4v) is 1.72. The predicted molar refractivity (Wildman–Crippen MR) is 70.5 cm³/mol. The average molecular weight is 241 g/mol. The maximum atomic E-state index is 12.0. The molecule has 0 atom stereocenters. The molecule has 1 amide bonds. The first-order valence-electron chi connectivity index (χ1n) is 5.89. The van der Waals surface area contributed by atoms with Crippen molar-refractivity contribution in [3.8, 4) is 0 Å². The second-order valence-electron chi connectivity index (χ2n) is 3.95. The van der Waals surface area contributed by atoms with E-state index >= 15 is 0 Å². The summed E-state index contributed by atoms with van der Waals surface area (Å²) < 4.78 is 0. The summed E-state index contributed by atoms with van der Waals surface area (Å²) in [6.07, 6.45) is 2.46. The molecule has 2 rings (SSSR count). The van der Waals surface area contributed by atoms with Gasteiger partial charge in [-0.1, -0.05) is 25.1 Å². The van der Waals surface area contributed by atoms with E-state index in [1.807, 2.05) is 24.3 Å². The molecule has 1 aromatic carbocycles. The van der Waals surface area contributed by atoms with Crippen molar-refractivity contribution in [2.75, 3.05) is 5.32 Å². The van der Waals surface area contributed by atoms with Gasteiger partial charge in [0.05, 0.1) is 0 Å². The van der Waals surface area contributed by atoms with E-state index in [1.54, 1.807) is 19.2 Å². The highest BCUT2D eigenvalue weighted by Gasteiger charge is 2.09. The fraction of sp³-hybridized carbons (Fsp3) is 0.214. The van der Waals surface area contributed by atoms with Gasteiger partial charge in [-0.05, 0) is 31.0 Å². The van der Waals surface area contributed by atoms with Crippen molar-refractivity contribution in [3.05, 3.63) is 53.6 Å². The van der Waals surface area contributed by atoms with Crippen LogP contribution in [0.5, 0.6) is 0 Å². The molecular weight excluding hydrogens is 226 g/mol. The average Bonchev–Trinajstić information content (AvgIpc) is 2.39. The lowest BCUT2D eigenvalue weighted by Gasteiger charge is -2.09. The minimum atomic E-state index is -0.207. The molecule has 0 bridgehead atoms. The molecule has 1 heterocycles. The number of nitrogens with zero attached hydrogens (tertiary/aromatic N) is 2. The number of aryl methyl sites for hydroxylation is 2. The van der Waals surface area contributed by atoms with Gasteiger partial charge in [0.15, 0.2) is 0 Å². The first kappa shape index (κ1) is 12.2. The van der Waals surface area contributed by atoms with E-state index in [0.29, 0.717) is 11.5 Å². The Morgan fingerprint density at radius 3 is 2.78 bits per heavy atom. The van der Waals surface area contributed by atoms with Gasteiger partial charge in [-0.15, -0.1) is 0 Å². The van der Waals surface area contributed by atoms with Crippen LogP contribution in [0.25, 0.3) is 0 Å². The number of rotatable bonds is 3. The molecule has 0 saturated heterocycles. The SMILES string of the molecule is CCc1ccccc1NC(=O)c1ccnc(C)n1. The summed E-state index contributed by atoms with van der Waals surface area (Å²) in [6.45, 7) is 3.82. The van der Waals surface area contributed by atoms with E-state index < -0.39 is 0 Å². The maximum absolute atomic E-state index is 12.0. The molecule has 0 fully saturated rings. The Kier molecular flexibility index (Phi) is 3.67. The molecule has 4 heteroatoms. The fourth-order valence-electron chi connectivity index (χ4n) is 1.72. The highest BCUT2D eigenvalue weighted by molar-refractivity contribution is 6.03. The molecule has 0 unspecified atom stereocenters. The lowest BCUT2D eigenvalue weighted by molar-refractivity contribution is 0.102. The van der Waals surface area contributed by atoms with E-state index in [9.17, 15) is 4.79 Å². The van der Waals surface area contributed by atoms with Gasteiger partial charge in [-0.2, -0.15) is 0 Å². The van der Waals surface area contributed by atoms with Crippen LogP contribution < -0.4 is 5.32 Å². The number of amides is 1. The predicted octanol–water partition coefficient (Wildman–Crippen LogP) is 2.60. The number of aromatic nitrogens is 2. The van der Waals surface area contributed by atoms with E-state index in [4.69, 9.17) is 0 Å². The lowest BCUT2D eigenvalue weighted by Crippen LogP contribution is -2.15. The van der Waals surface area contributed by atoms with Crippen molar-refractivity contribution < 1.29 is 4.79 Å². The highest BCUT2D eigenvalue weighted by atomic mass is 16.1. The molecule has 18 heavy (non-hydrogen) atoms. The van der Waals surface area contributed by atoms with Crippen LogP contribution in [0, 0.1) is 6.92 Å². The van der Waals surface area contributed by atoms with E-state index in [0.717, 1.165) is 17.7 Å². The molecule has 0 spiro atoms. The molecule has 1 aromatic heterocycles. The second-order valence-corrected chi connectivity index (χ2v) is 3.95. The third-order valence-electron chi connectivity index (χ3n) is 2.66. The Morgan fingerprint density at radius 2 is 2.06 bits per heavy atom. The number of nitrogens with one attached hydrogen (secondary N) is 1. The number of carbonyl (C=O) groups is 1. The smallest absolute Gasteiger partial charge is 0.274 e. The maximum Gasteiger partial charge on any atom is 0.274 e. The van der Waals surface area contributed by atoms with Crippen LogP contribution in [0.2, 0.25) is 0 Å². The van der Waals surface area contributed by atoms with Crippen LogP contribution in [0.3, 0.4) is 0 Å². The summed E-state index contributed by atoms with van der Waals surface area (Å²) in [5.41, 5.74) is 2.33. The largest absolute Gasteiger partial charge is 0.320 e. The Hall–Kier alpha value is -2.23. The molecule has 92 valence electrons. The number of hydrogen-bond acceptors (Lipinski definition) is 3. The monoisotopic (exact) mass is 241 g/mol. The Bertz CT molecular complexity index is 566. The van der Waals surface area contributed by atoms with Crippen molar-refractivity contribution >= 4 is 11.6 Å². The van der Waals surface area contributed by atoms with Crippen LogP contribution >= 0.6 is 0 Å². The van der Waals surface area contributed by atoms with Crippen LogP contribution in [-0.2, 0) is 6.42 Å². The zero-order valence-corrected chi connectivity index (χ0v) is 10.5. The third kappa shape index (κ3) is 2.71. The molecule has 1 N–H and O–H groups in total. The van der Waals surface area contributed by atoms with E-state index in [-0.39, 0.29) is 5.91 Å². The minimum Gasteiger partial charge on any atom is -0.320 e. The molecule has 0 radical (unpaired) electrons. The van der Waals surface area contributed by atoms with Gasteiger partial charge in [-0.3, -0.25) is 4.79 Å². The minimum absolute atomic E-state index is 0.207. The third-order valence-corrected chi connectivity index (χ3v) is 2.66. The zero-order chi connectivity index (χ0) is 13.0. The number of para-hydroxylation sites is 1. The van der Waals surface area contributed by atoms with Gasteiger partial charge in [0.2, 0.25) is 0 Å². The van der Waals surface area contributed by atoms with Crippen LogP contribution in [0.15, 0.2) is 36.5 Å². The molecule has 4 nitrogen and oxygen atoms in total. The molecule has 0 aliphatic heterocycles. The summed E-state index contributed by atoms with van der Waals surface area (Å²) in [4.78, 5) is 20.1. The molecule has 0 saturated carbocycles.